The minimum atomic E-state index is -0.474. The third kappa shape index (κ3) is 5.11. The van der Waals surface area contributed by atoms with Crippen LogP contribution in [0.25, 0.3) is 0 Å². The highest BCUT2D eigenvalue weighted by Crippen LogP contribution is 2.05. The molecule has 5 heteroatoms. The fourth-order valence-electron chi connectivity index (χ4n) is 1.41. The van der Waals surface area contributed by atoms with E-state index < -0.39 is 6.04 Å². The Kier molecular flexibility index (Phi) is 6.72. The second kappa shape index (κ2) is 7.22. The second-order valence-electron chi connectivity index (χ2n) is 4.24. The molecule has 0 heterocycles. The normalized spacial score (nSPS) is 14.1. The molecule has 0 saturated carbocycles. The Bertz CT molecular complexity index is 237. The molecule has 0 spiro atoms. The van der Waals surface area contributed by atoms with Crippen LogP contribution in [0.15, 0.2) is 0 Å². The van der Waals surface area contributed by atoms with Gasteiger partial charge < -0.3 is 16.0 Å². The minimum absolute atomic E-state index is 0.103. The summed E-state index contributed by atoms with van der Waals surface area (Å²) in [6.07, 6.45) is 1.26. The molecule has 3 N–H and O–H groups in total. The molecule has 0 aliphatic carbocycles. The summed E-state index contributed by atoms with van der Waals surface area (Å²) >= 11 is 0. The summed E-state index contributed by atoms with van der Waals surface area (Å²) in [4.78, 5) is 24.5. The molecule has 0 fully saturated rings. The summed E-state index contributed by atoms with van der Waals surface area (Å²) in [5, 5.41) is 2.67. The first-order valence-electron chi connectivity index (χ1n) is 5.62. The lowest BCUT2D eigenvalue weighted by Crippen LogP contribution is -2.44. The molecule has 2 amide bonds. The van der Waals surface area contributed by atoms with Gasteiger partial charge in [0.1, 0.15) is 6.04 Å². The third-order valence-corrected chi connectivity index (χ3v) is 2.57. The third-order valence-electron chi connectivity index (χ3n) is 2.57. The minimum Gasteiger partial charge on any atom is -0.347 e. The first kappa shape index (κ1) is 14.9. The summed E-state index contributed by atoms with van der Waals surface area (Å²) in [7, 11) is 3.33. The van der Waals surface area contributed by atoms with Crippen LogP contribution in [0.1, 0.15) is 26.7 Å². The summed E-state index contributed by atoms with van der Waals surface area (Å²) in [5.41, 5.74) is 5.52. The van der Waals surface area contributed by atoms with Crippen LogP contribution in [0.2, 0.25) is 0 Å². The van der Waals surface area contributed by atoms with E-state index in [9.17, 15) is 9.59 Å². The van der Waals surface area contributed by atoms with Gasteiger partial charge >= 0.3 is 0 Å². The van der Waals surface area contributed by atoms with Gasteiger partial charge in [0, 0.05) is 20.5 Å². The van der Waals surface area contributed by atoms with Crippen LogP contribution in [0.4, 0.5) is 0 Å². The van der Waals surface area contributed by atoms with E-state index in [1.807, 2.05) is 6.92 Å². The van der Waals surface area contributed by atoms with E-state index in [2.05, 4.69) is 5.32 Å². The molecule has 0 aliphatic heterocycles. The number of carbonyl (C=O) groups is 2. The number of likely N-dealkylation sites (N-methyl/N-ethyl adjacent to an activating group) is 1. The smallest absolute Gasteiger partial charge is 0.244 e. The lowest BCUT2D eigenvalue weighted by Gasteiger charge is -2.19. The van der Waals surface area contributed by atoms with Crippen LogP contribution < -0.4 is 11.1 Å². The van der Waals surface area contributed by atoms with Crippen LogP contribution in [0, 0.1) is 5.92 Å². The molecule has 0 saturated heterocycles. The van der Waals surface area contributed by atoms with Gasteiger partial charge in [0.05, 0.1) is 0 Å². The van der Waals surface area contributed by atoms with Gasteiger partial charge in [-0.3, -0.25) is 9.59 Å². The lowest BCUT2D eigenvalue weighted by molar-refractivity contribution is -0.134. The highest BCUT2D eigenvalue weighted by molar-refractivity contribution is 5.87. The summed E-state index contributed by atoms with van der Waals surface area (Å²) in [6, 6.07) is -0.474. The van der Waals surface area contributed by atoms with Crippen molar-refractivity contribution in [2.45, 2.75) is 32.7 Å². The van der Waals surface area contributed by atoms with Gasteiger partial charge in [-0.25, -0.2) is 0 Å². The molecule has 0 rings (SSSR count). The fourth-order valence-corrected chi connectivity index (χ4v) is 1.41. The van der Waals surface area contributed by atoms with Crippen molar-refractivity contribution in [1.82, 2.24) is 10.2 Å². The molecule has 0 aromatic heterocycles. The first-order chi connectivity index (χ1) is 7.42. The number of nitrogens with two attached hydrogens (primary N) is 1. The van der Waals surface area contributed by atoms with Crippen LogP contribution in [-0.4, -0.2) is 43.4 Å². The Balaban J connectivity index is 4.09. The summed E-state index contributed by atoms with van der Waals surface area (Å²) in [6.45, 7) is 4.18. The molecule has 94 valence electrons. The van der Waals surface area contributed by atoms with Crippen molar-refractivity contribution in [3.63, 3.8) is 0 Å². The quantitative estimate of drug-likeness (QED) is 0.671. The number of hydrogen-bond donors (Lipinski definition) is 2. The number of carbonyl (C=O) groups excluding carboxylic acids is 2. The predicted octanol–water partition coefficient (Wildman–Crippen LogP) is -0.0457. The first-order valence-corrected chi connectivity index (χ1v) is 5.62. The zero-order valence-corrected chi connectivity index (χ0v) is 10.6. The monoisotopic (exact) mass is 229 g/mol. The van der Waals surface area contributed by atoms with Crippen LogP contribution in [-0.2, 0) is 9.59 Å². The molecule has 0 bridgehead atoms. The highest BCUT2D eigenvalue weighted by atomic mass is 16.2. The van der Waals surface area contributed by atoms with Crippen molar-refractivity contribution >= 4 is 11.8 Å². The van der Waals surface area contributed by atoms with Crippen molar-refractivity contribution in [3.05, 3.63) is 0 Å². The topological polar surface area (TPSA) is 75.4 Å². The maximum atomic E-state index is 11.6. The Labute approximate surface area is 97.4 Å². The van der Waals surface area contributed by atoms with Gasteiger partial charge in [0.15, 0.2) is 0 Å². The average Bonchev–Trinajstić information content (AvgIpc) is 2.24. The number of rotatable bonds is 6. The van der Waals surface area contributed by atoms with E-state index in [0.717, 1.165) is 6.42 Å². The van der Waals surface area contributed by atoms with Crippen molar-refractivity contribution in [1.29, 1.82) is 0 Å². The molecule has 2 atom stereocenters. The zero-order valence-electron chi connectivity index (χ0n) is 10.6. The largest absolute Gasteiger partial charge is 0.347 e. The number of amides is 2. The van der Waals surface area contributed by atoms with E-state index >= 15 is 0 Å². The zero-order chi connectivity index (χ0) is 12.7. The Morgan fingerprint density at radius 3 is 2.31 bits per heavy atom. The molecular weight excluding hydrogens is 206 g/mol. The number of hydrogen-bond acceptors (Lipinski definition) is 3. The summed E-state index contributed by atoms with van der Waals surface area (Å²) < 4.78 is 0. The van der Waals surface area contributed by atoms with Gasteiger partial charge in [0.2, 0.25) is 11.8 Å². The summed E-state index contributed by atoms with van der Waals surface area (Å²) in [5.74, 6) is -0.0178. The molecule has 16 heavy (non-hydrogen) atoms. The average molecular weight is 229 g/mol. The van der Waals surface area contributed by atoms with E-state index in [4.69, 9.17) is 5.73 Å². The molecule has 0 aromatic rings. The van der Waals surface area contributed by atoms with E-state index in [0.29, 0.717) is 13.0 Å². The maximum absolute atomic E-state index is 11.6. The molecule has 2 unspecified atom stereocenters. The SMILES string of the molecule is CCC(CN)CC(=O)NC(C)C(=O)N(C)C. The van der Waals surface area contributed by atoms with Gasteiger partial charge in [-0.2, -0.15) is 0 Å². The Morgan fingerprint density at radius 1 is 1.38 bits per heavy atom. The van der Waals surface area contributed by atoms with Gasteiger partial charge in [-0.15, -0.1) is 0 Å². The number of nitrogens with one attached hydrogen (secondary N) is 1. The Hall–Kier alpha value is -1.10. The van der Waals surface area contributed by atoms with E-state index in [1.165, 1.54) is 4.90 Å². The van der Waals surface area contributed by atoms with E-state index in [1.54, 1.807) is 21.0 Å². The van der Waals surface area contributed by atoms with Gasteiger partial charge in [-0.1, -0.05) is 13.3 Å². The second-order valence-corrected chi connectivity index (χ2v) is 4.24. The number of nitrogens with zero attached hydrogens (tertiary/aromatic N) is 1. The molecular formula is C11H23N3O2. The van der Waals surface area contributed by atoms with Crippen molar-refractivity contribution in [3.8, 4) is 0 Å². The van der Waals surface area contributed by atoms with E-state index in [-0.39, 0.29) is 17.7 Å². The molecule has 0 radical (unpaired) electrons. The highest BCUT2D eigenvalue weighted by Gasteiger charge is 2.18. The van der Waals surface area contributed by atoms with Gasteiger partial charge in [-0.05, 0) is 19.4 Å². The van der Waals surface area contributed by atoms with Crippen LogP contribution >= 0.6 is 0 Å². The Morgan fingerprint density at radius 2 is 1.94 bits per heavy atom. The van der Waals surface area contributed by atoms with Crippen molar-refractivity contribution in [2.75, 3.05) is 20.6 Å². The standard InChI is InChI=1S/C11H23N3O2/c1-5-9(7-12)6-10(15)13-8(2)11(16)14(3)4/h8-9H,5-7,12H2,1-4H3,(H,13,15). The maximum Gasteiger partial charge on any atom is 0.244 e. The van der Waals surface area contributed by atoms with Crippen LogP contribution in [0.5, 0.6) is 0 Å². The lowest BCUT2D eigenvalue weighted by atomic mass is 10.0. The van der Waals surface area contributed by atoms with Crippen molar-refractivity contribution in [2.24, 2.45) is 11.7 Å². The van der Waals surface area contributed by atoms with Gasteiger partial charge in [0.25, 0.3) is 0 Å². The molecule has 0 aromatic carbocycles. The van der Waals surface area contributed by atoms with Crippen LogP contribution in [0.3, 0.4) is 0 Å². The van der Waals surface area contributed by atoms with Crippen molar-refractivity contribution < 1.29 is 9.59 Å². The fraction of sp³-hybridized carbons (Fsp3) is 0.818. The molecule has 0 aliphatic rings. The predicted molar refractivity (Wildman–Crippen MR) is 63.8 cm³/mol. The molecule has 5 nitrogen and oxygen atoms in total.